The zero-order valence-corrected chi connectivity index (χ0v) is 16.4. The first kappa shape index (κ1) is 18.9. The Morgan fingerprint density at radius 3 is 2.67 bits per heavy atom. The summed E-state index contributed by atoms with van der Waals surface area (Å²) in [6.45, 7) is 1.90. The number of benzene rings is 3. The van der Waals surface area contributed by atoms with Gasteiger partial charge in [0.25, 0.3) is 5.91 Å². The van der Waals surface area contributed by atoms with E-state index in [4.69, 9.17) is 4.74 Å². The lowest BCUT2D eigenvalue weighted by molar-refractivity contribution is -0.118. The van der Waals surface area contributed by atoms with Gasteiger partial charge in [0.15, 0.2) is 6.61 Å². The summed E-state index contributed by atoms with van der Waals surface area (Å²) in [5.74, 6) is 0.381. The first-order valence-electron chi connectivity index (χ1n) is 8.48. The standard InChI is InChI=1S/C22H19BrN2O2/c1-16-6-5-9-20(12-16)25-22(26)15-27-21-11-10-18(23)13-17(21)14-24-19-7-3-2-4-8-19/h2-14H,15H2,1H3,(H,25,26). The van der Waals surface area contributed by atoms with Crippen molar-refractivity contribution in [2.24, 2.45) is 4.99 Å². The van der Waals surface area contributed by atoms with Crippen molar-refractivity contribution in [2.75, 3.05) is 11.9 Å². The van der Waals surface area contributed by atoms with Crippen molar-refractivity contribution in [3.8, 4) is 5.75 Å². The number of ether oxygens (including phenoxy) is 1. The third-order valence-electron chi connectivity index (χ3n) is 3.74. The fourth-order valence-corrected chi connectivity index (χ4v) is 2.85. The molecule has 0 aliphatic heterocycles. The highest BCUT2D eigenvalue weighted by atomic mass is 79.9. The van der Waals surface area contributed by atoms with E-state index in [9.17, 15) is 4.79 Å². The molecule has 0 aliphatic carbocycles. The summed E-state index contributed by atoms with van der Waals surface area (Å²) in [7, 11) is 0. The number of hydrogen-bond donors (Lipinski definition) is 1. The zero-order valence-electron chi connectivity index (χ0n) is 14.9. The SMILES string of the molecule is Cc1cccc(NC(=O)COc2ccc(Br)cc2C=Nc2ccccc2)c1. The summed E-state index contributed by atoms with van der Waals surface area (Å²) in [6.07, 6.45) is 1.73. The Bertz CT molecular complexity index is 956. The third kappa shape index (κ3) is 5.79. The van der Waals surface area contributed by atoms with E-state index in [1.807, 2.05) is 79.7 Å². The van der Waals surface area contributed by atoms with Crippen LogP contribution in [0.2, 0.25) is 0 Å². The molecule has 0 heterocycles. The fraction of sp³-hybridized carbons (Fsp3) is 0.0909. The van der Waals surface area contributed by atoms with Gasteiger partial charge in [0.2, 0.25) is 0 Å². The molecule has 0 radical (unpaired) electrons. The maximum absolute atomic E-state index is 12.2. The lowest BCUT2D eigenvalue weighted by atomic mass is 10.2. The number of aliphatic imine (C=N–C) groups is 1. The zero-order chi connectivity index (χ0) is 19.1. The van der Waals surface area contributed by atoms with Gasteiger partial charge >= 0.3 is 0 Å². The van der Waals surface area contributed by atoms with E-state index in [2.05, 4.69) is 26.2 Å². The minimum absolute atomic E-state index is 0.0816. The van der Waals surface area contributed by atoms with Crippen LogP contribution < -0.4 is 10.1 Å². The van der Waals surface area contributed by atoms with Gasteiger partial charge in [0.05, 0.1) is 5.69 Å². The highest BCUT2D eigenvalue weighted by Crippen LogP contribution is 2.23. The number of hydrogen-bond acceptors (Lipinski definition) is 3. The Balaban J connectivity index is 1.67. The first-order valence-corrected chi connectivity index (χ1v) is 9.27. The van der Waals surface area contributed by atoms with Crippen molar-refractivity contribution in [1.29, 1.82) is 0 Å². The molecule has 0 aliphatic rings. The second-order valence-electron chi connectivity index (χ2n) is 5.98. The molecule has 4 nitrogen and oxygen atoms in total. The highest BCUT2D eigenvalue weighted by molar-refractivity contribution is 9.10. The van der Waals surface area contributed by atoms with Crippen molar-refractivity contribution in [3.05, 3.63) is 88.4 Å². The summed E-state index contributed by atoms with van der Waals surface area (Å²) < 4.78 is 6.63. The molecule has 0 aromatic heterocycles. The minimum atomic E-state index is -0.213. The average molecular weight is 423 g/mol. The molecule has 3 rings (SSSR count). The van der Waals surface area contributed by atoms with Crippen molar-refractivity contribution < 1.29 is 9.53 Å². The summed E-state index contributed by atoms with van der Waals surface area (Å²) in [6, 6.07) is 22.9. The topological polar surface area (TPSA) is 50.7 Å². The number of rotatable bonds is 6. The molecule has 3 aromatic carbocycles. The van der Waals surface area contributed by atoms with E-state index in [0.717, 1.165) is 27.0 Å². The molecule has 0 spiro atoms. The largest absolute Gasteiger partial charge is 0.483 e. The van der Waals surface area contributed by atoms with E-state index in [1.54, 1.807) is 6.21 Å². The number of carbonyl (C=O) groups excluding carboxylic acids is 1. The second-order valence-corrected chi connectivity index (χ2v) is 6.90. The van der Waals surface area contributed by atoms with E-state index in [1.165, 1.54) is 0 Å². The van der Waals surface area contributed by atoms with Crippen LogP contribution in [0.5, 0.6) is 5.75 Å². The van der Waals surface area contributed by atoms with Crippen LogP contribution in [0.1, 0.15) is 11.1 Å². The van der Waals surface area contributed by atoms with Gasteiger partial charge < -0.3 is 10.1 Å². The lowest BCUT2D eigenvalue weighted by Gasteiger charge is -2.10. The Hall–Kier alpha value is -2.92. The van der Waals surface area contributed by atoms with Crippen molar-refractivity contribution >= 4 is 39.4 Å². The van der Waals surface area contributed by atoms with Gasteiger partial charge in [0, 0.05) is 21.9 Å². The number of carbonyl (C=O) groups is 1. The summed E-state index contributed by atoms with van der Waals surface area (Å²) >= 11 is 3.46. The Kier molecular flexibility index (Phi) is 6.39. The van der Waals surface area contributed by atoms with Crippen LogP contribution in [0.15, 0.2) is 82.3 Å². The predicted molar refractivity (Wildman–Crippen MR) is 113 cm³/mol. The van der Waals surface area contributed by atoms with E-state index < -0.39 is 0 Å². The summed E-state index contributed by atoms with van der Waals surface area (Å²) in [5, 5.41) is 2.83. The predicted octanol–water partition coefficient (Wildman–Crippen LogP) is 5.53. The summed E-state index contributed by atoms with van der Waals surface area (Å²) in [4.78, 5) is 16.6. The number of para-hydroxylation sites is 1. The number of nitrogens with zero attached hydrogens (tertiary/aromatic N) is 1. The number of aryl methyl sites for hydroxylation is 1. The van der Waals surface area contributed by atoms with Gasteiger partial charge in [-0.15, -0.1) is 0 Å². The fourth-order valence-electron chi connectivity index (χ4n) is 2.47. The number of nitrogens with one attached hydrogen (secondary N) is 1. The van der Waals surface area contributed by atoms with Gasteiger partial charge in [-0.3, -0.25) is 9.79 Å². The third-order valence-corrected chi connectivity index (χ3v) is 4.23. The highest BCUT2D eigenvalue weighted by Gasteiger charge is 2.07. The number of halogens is 1. The Morgan fingerprint density at radius 1 is 1.07 bits per heavy atom. The van der Waals surface area contributed by atoms with Gasteiger partial charge in [0.1, 0.15) is 5.75 Å². The van der Waals surface area contributed by atoms with Crippen LogP contribution in [0.25, 0.3) is 0 Å². The maximum Gasteiger partial charge on any atom is 0.262 e. The molecular formula is C22H19BrN2O2. The second kappa shape index (κ2) is 9.14. The molecule has 5 heteroatoms. The monoisotopic (exact) mass is 422 g/mol. The molecule has 136 valence electrons. The van der Waals surface area contributed by atoms with Crippen LogP contribution in [0.4, 0.5) is 11.4 Å². The normalized spacial score (nSPS) is 10.7. The minimum Gasteiger partial charge on any atom is -0.483 e. The van der Waals surface area contributed by atoms with Gasteiger partial charge in [-0.2, -0.15) is 0 Å². The molecule has 0 fully saturated rings. The molecule has 0 saturated carbocycles. The average Bonchev–Trinajstić information content (AvgIpc) is 2.66. The van der Waals surface area contributed by atoms with Crippen LogP contribution in [0, 0.1) is 6.92 Å². The quantitative estimate of drug-likeness (QED) is 0.531. The van der Waals surface area contributed by atoms with Gasteiger partial charge in [-0.25, -0.2) is 0 Å². The molecule has 1 amide bonds. The van der Waals surface area contributed by atoms with Crippen LogP contribution in [-0.4, -0.2) is 18.7 Å². The van der Waals surface area contributed by atoms with Gasteiger partial charge in [-0.05, 0) is 55.0 Å². The van der Waals surface area contributed by atoms with Crippen LogP contribution >= 0.6 is 15.9 Å². The van der Waals surface area contributed by atoms with Crippen molar-refractivity contribution in [3.63, 3.8) is 0 Å². The van der Waals surface area contributed by atoms with E-state index in [0.29, 0.717) is 5.75 Å². The van der Waals surface area contributed by atoms with Crippen molar-refractivity contribution in [1.82, 2.24) is 0 Å². The number of amides is 1. The van der Waals surface area contributed by atoms with Crippen LogP contribution in [-0.2, 0) is 4.79 Å². The molecule has 3 aromatic rings. The van der Waals surface area contributed by atoms with Gasteiger partial charge in [-0.1, -0.05) is 46.3 Å². The first-order chi connectivity index (χ1) is 13.1. The molecule has 0 atom stereocenters. The maximum atomic E-state index is 12.2. The molecule has 0 unspecified atom stereocenters. The summed E-state index contributed by atoms with van der Waals surface area (Å²) in [5.41, 5.74) is 3.48. The molecule has 0 saturated heterocycles. The van der Waals surface area contributed by atoms with E-state index >= 15 is 0 Å². The molecule has 27 heavy (non-hydrogen) atoms. The Labute approximate surface area is 167 Å². The smallest absolute Gasteiger partial charge is 0.262 e. The van der Waals surface area contributed by atoms with Crippen molar-refractivity contribution in [2.45, 2.75) is 6.92 Å². The Morgan fingerprint density at radius 2 is 1.89 bits per heavy atom. The molecule has 0 bridgehead atoms. The molecule has 1 N–H and O–H groups in total. The van der Waals surface area contributed by atoms with E-state index in [-0.39, 0.29) is 12.5 Å². The molecular weight excluding hydrogens is 404 g/mol. The number of anilines is 1. The van der Waals surface area contributed by atoms with Crippen LogP contribution in [0.3, 0.4) is 0 Å². The lowest BCUT2D eigenvalue weighted by Crippen LogP contribution is -2.20.